The molecular formula is C21H20F2N4S2. The van der Waals surface area contributed by atoms with Crippen molar-refractivity contribution in [1.82, 2.24) is 9.88 Å². The van der Waals surface area contributed by atoms with Crippen LogP contribution in [0.5, 0.6) is 0 Å². The minimum absolute atomic E-state index is 0.0437. The van der Waals surface area contributed by atoms with Crippen LogP contribution in [0.25, 0.3) is 0 Å². The van der Waals surface area contributed by atoms with E-state index in [0.29, 0.717) is 17.5 Å². The lowest BCUT2D eigenvalue weighted by atomic mass is 10.0. The largest absolute Gasteiger partial charge is 0.378 e. The second-order valence-electron chi connectivity index (χ2n) is 7.31. The van der Waals surface area contributed by atoms with Gasteiger partial charge in [0.25, 0.3) is 0 Å². The zero-order chi connectivity index (χ0) is 19.8. The number of aromatic nitrogens is 1. The summed E-state index contributed by atoms with van der Waals surface area (Å²) in [6, 6.07) is 11.5. The fraction of sp³-hybridized carbons (Fsp3) is 0.286. The first-order valence-electron chi connectivity index (χ1n) is 9.58. The van der Waals surface area contributed by atoms with Crippen molar-refractivity contribution >= 4 is 34.8 Å². The van der Waals surface area contributed by atoms with Crippen LogP contribution < -0.4 is 10.0 Å². The molecule has 1 aliphatic heterocycles. The van der Waals surface area contributed by atoms with Crippen molar-refractivity contribution in [3.63, 3.8) is 0 Å². The van der Waals surface area contributed by atoms with Crippen molar-refractivity contribution in [2.24, 2.45) is 0 Å². The maximum absolute atomic E-state index is 14.6. The molecule has 0 amide bonds. The Morgan fingerprint density at radius 2 is 1.86 bits per heavy atom. The Kier molecular flexibility index (Phi) is 5.15. The number of anilines is 2. The number of thiazole rings is 1. The van der Waals surface area contributed by atoms with E-state index in [4.69, 9.17) is 0 Å². The smallest absolute Gasteiger partial charge is 0.147 e. The number of benzene rings is 2. The molecule has 1 saturated heterocycles. The molecule has 2 atom stereocenters. The fourth-order valence-corrected chi connectivity index (χ4v) is 5.24. The number of nitrogens with zero attached hydrogens (tertiary/aromatic N) is 2. The number of fused-ring (bicyclic) bond motifs is 1. The highest BCUT2D eigenvalue weighted by Gasteiger charge is 2.36. The standard InChI is InChI=1S/C21H20F2N4S2/c22-16-8-13(9-17(23)21(16)29-26-20-11-28-12-24-20)25-18-10-19(27-6-3-7-27)15-5-2-1-4-14(15)18/h1-2,4-5,8-9,11-12,18-19,25-26H,3,6-7,10H2. The minimum Gasteiger partial charge on any atom is -0.378 e. The van der Waals surface area contributed by atoms with E-state index in [-0.39, 0.29) is 10.9 Å². The van der Waals surface area contributed by atoms with Gasteiger partial charge in [-0.1, -0.05) is 24.3 Å². The highest BCUT2D eigenvalue weighted by atomic mass is 32.2. The van der Waals surface area contributed by atoms with Gasteiger partial charge in [0.2, 0.25) is 0 Å². The van der Waals surface area contributed by atoms with Crippen molar-refractivity contribution in [2.45, 2.75) is 29.8 Å². The van der Waals surface area contributed by atoms with Gasteiger partial charge in [-0.05, 0) is 61.1 Å². The summed E-state index contributed by atoms with van der Waals surface area (Å²) in [5.74, 6) is -0.600. The van der Waals surface area contributed by atoms with Crippen LogP contribution in [-0.2, 0) is 0 Å². The summed E-state index contributed by atoms with van der Waals surface area (Å²) in [5.41, 5.74) is 4.66. The van der Waals surface area contributed by atoms with Gasteiger partial charge in [-0.2, -0.15) is 0 Å². The number of likely N-dealkylation sites (tertiary alicyclic amines) is 1. The molecule has 3 aromatic rings. The molecule has 2 N–H and O–H groups in total. The first-order chi connectivity index (χ1) is 14.2. The van der Waals surface area contributed by atoms with Crippen LogP contribution in [0.4, 0.5) is 20.3 Å². The fourth-order valence-electron chi connectivity index (χ4n) is 4.05. The van der Waals surface area contributed by atoms with Gasteiger partial charge in [-0.15, -0.1) is 11.3 Å². The summed E-state index contributed by atoms with van der Waals surface area (Å²) in [4.78, 5) is 6.47. The van der Waals surface area contributed by atoms with Gasteiger partial charge < -0.3 is 10.0 Å². The van der Waals surface area contributed by atoms with Gasteiger partial charge in [0.1, 0.15) is 22.3 Å². The van der Waals surface area contributed by atoms with Crippen molar-refractivity contribution in [3.05, 3.63) is 70.1 Å². The number of hydrogen-bond acceptors (Lipinski definition) is 6. The van der Waals surface area contributed by atoms with Crippen LogP contribution in [0.15, 0.2) is 52.2 Å². The molecule has 1 fully saturated rings. The molecule has 2 heterocycles. The Bertz CT molecular complexity index is 985. The van der Waals surface area contributed by atoms with Gasteiger partial charge in [-0.3, -0.25) is 4.90 Å². The Hall–Kier alpha value is -2.16. The maximum atomic E-state index is 14.6. The SMILES string of the molecule is Fc1cc(NC2CC(N3CCC3)c3ccccc32)cc(F)c1SNc1cscn1. The van der Waals surface area contributed by atoms with Crippen LogP contribution in [-0.4, -0.2) is 23.0 Å². The summed E-state index contributed by atoms with van der Waals surface area (Å²) in [6.07, 6.45) is 2.14. The van der Waals surface area contributed by atoms with E-state index in [9.17, 15) is 8.78 Å². The van der Waals surface area contributed by atoms with Crippen LogP contribution in [0.1, 0.15) is 36.1 Å². The van der Waals surface area contributed by atoms with Crippen LogP contribution in [0.3, 0.4) is 0 Å². The molecule has 8 heteroatoms. The molecule has 150 valence electrons. The van der Waals surface area contributed by atoms with E-state index in [1.807, 2.05) is 6.07 Å². The summed E-state index contributed by atoms with van der Waals surface area (Å²) in [7, 11) is 0. The monoisotopic (exact) mass is 430 g/mol. The molecule has 5 rings (SSSR count). The van der Waals surface area contributed by atoms with E-state index in [2.05, 4.69) is 38.1 Å². The third-order valence-electron chi connectivity index (χ3n) is 5.55. The number of nitrogens with one attached hydrogen (secondary N) is 2. The van der Waals surface area contributed by atoms with Crippen LogP contribution in [0, 0.1) is 11.6 Å². The quantitative estimate of drug-likeness (QED) is 0.481. The molecule has 29 heavy (non-hydrogen) atoms. The van der Waals surface area contributed by atoms with Crippen molar-refractivity contribution in [2.75, 3.05) is 23.1 Å². The molecule has 4 nitrogen and oxygen atoms in total. The molecule has 0 radical (unpaired) electrons. The predicted octanol–water partition coefficient (Wildman–Crippen LogP) is 5.84. The highest BCUT2D eigenvalue weighted by molar-refractivity contribution is 8.00. The second kappa shape index (κ2) is 7.93. The van der Waals surface area contributed by atoms with Gasteiger partial charge >= 0.3 is 0 Å². The normalized spacial score (nSPS) is 20.9. The van der Waals surface area contributed by atoms with Crippen molar-refractivity contribution in [3.8, 4) is 0 Å². The number of hydrogen-bond donors (Lipinski definition) is 2. The van der Waals surface area contributed by atoms with E-state index < -0.39 is 11.6 Å². The summed E-state index contributed by atoms with van der Waals surface area (Å²) < 4.78 is 32.1. The second-order valence-corrected chi connectivity index (χ2v) is 8.85. The molecule has 1 aromatic heterocycles. The topological polar surface area (TPSA) is 40.2 Å². The average Bonchev–Trinajstić information content (AvgIpc) is 3.29. The van der Waals surface area contributed by atoms with Crippen molar-refractivity contribution < 1.29 is 8.78 Å². The third-order valence-corrected chi connectivity index (χ3v) is 7.04. The molecule has 2 aromatic carbocycles. The highest BCUT2D eigenvalue weighted by Crippen LogP contribution is 2.45. The van der Waals surface area contributed by atoms with Crippen LogP contribution in [0.2, 0.25) is 0 Å². The molecule has 1 aliphatic carbocycles. The summed E-state index contributed by atoms with van der Waals surface area (Å²) in [6.45, 7) is 2.24. The number of halogens is 2. The molecule has 0 spiro atoms. The van der Waals surface area contributed by atoms with Crippen LogP contribution >= 0.6 is 23.3 Å². The Labute approximate surface area is 176 Å². The third kappa shape index (κ3) is 3.72. The molecule has 0 bridgehead atoms. The van der Waals surface area contributed by atoms with Gasteiger partial charge in [0, 0.05) is 17.1 Å². The molecule has 0 saturated carbocycles. The zero-order valence-corrected chi connectivity index (χ0v) is 17.2. The molecule has 2 aliphatic rings. The zero-order valence-electron chi connectivity index (χ0n) is 15.6. The average molecular weight is 431 g/mol. The van der Waals surface area contributed by atoms with E-state index in [1.165, 1.54) is 41.0 Å². The van der Waals surface area contributed by atoms with E-state index >= 15 is 0 Å². The Morgan fingerprint density at radius 3 is 2.52 bits per heavy atom. The minimum atomic E-state index is -0.592. The first kappa shape index (κ1) is 18.8. The van der Waals surface area contributed by atoms with Gasteiger partial charge in [0.05, 0.1) is 11.6 Å². The van der Waals surface area contributed by atoms with Gasteiger partial charge in [0.15, 0.2) is 0 Å². The lowest BCUT2D eigenvalue weighted by Crippen LogP contribution is -2.39. The van der Waals surface area contributed by atoms with Crippen molar-refractivity contribution in [1.29, 1.82) is 0 Å². The van der Waals surface area contributed by atoms with E-state index in [0.717, 1.165) is 31.5 Å². The molecular weight excluding hydrogens is 410 g/mol. The van der Waals surface area contributed by atoms with E-state index in [1.54, 1.807) is 10.9 Å². The lowest BCUT2D eigenvalue weighted by molar-refractivity contribution is 0.116. The summed E-state index contributed by atoms with van der Waals surface area (Å²) >= 11 is 2.31. The Balaban J connectivity index is 1.34. The first-order valence-corrected chi connectivity index (χ1v) is 11.3. The molecule has 2 unspecified atom stereocenters. The van der Waals surface area contributed by atoms with Gasteiger partial charge in [-0.25, -0.2) is 13.8 Å². The summed E-state index contributed by atoms with van der Waals surface area (Å²) in [5, 5.41) is 5.14. The predicted molar refractivity (Wildman–Crippen MR) is 114 cm³/mol. The Morgan fingerprint density at radius 1 is 1.10 bits per heavy atom. The maximum Gasteiger partial charge on any atom is 0.147 e. The lowest BCUT2D eigenvalue weighted by Gasteiger charge is -2.37. The number of rotatable bonds is 6.